The number of ether oxygens (including phenoxy) is 1. The van der Waals surface area contributed by atoms with Crippen LogP contribution in [0.4, 0.5) is 10.5 Å². The van der Waals surface area contributed by atoms with Gasteiger partial charge in [0.2, 0.25) is 0 Å². The van der Waals surface area contributed by atoms with Gasteiger partial charge in [-0.1, -0.05) is 17.7 Å². The lowest BCUT2D eigenvalue weighted by atomic mass is 10.1. The Morgan fingerprint density at radius 3 is 2.80 bits per heavy atom. The first-order valence-corrected chi connectivity index (χ1v) is 7.07. The maximum absolute atomic E-state index is 12.1. The molecule has 0 spiro atoms. The predicted molar refractivity (Wildman–Crippen MR) is 79.7 cm³/mol. The lowest BCUT2D eigenvalue weighted by Gasteiger charge is -2.31. The summed E-state index contributed by atoms with van der Waals surface area (Å²) < 4.78 is 5.29. The van der Waals surface area contributed by atoms with E-state index in [1.807, 2.05) is 6.07 Å². The van der Waals surface area contributed by atoms with Crippen LogP contribution in [-0.2, 0) is 11.3 Å². The second-order valence-electron chi connectivity index (χ2n) is 4.93. The van der Waals surface area contributed by atoms with Crippen molar-refractivity contribution in [3.05, 3.63) is 28.8 Å². The molecule has 0 saturated carbocycles. The lowest BCUT2D eigenvalue weighted by molar-refractivity contribution is 0.0503. The van der Waals surface area contributed by atoms with Gasteiger partial charge in [0.05, 0.1) is 6.10 Å². The second-order valence-corrected chi connectivity index (χ2v) is 5.34. The summed E-state index contributed by atoms with van der Waals surface area (Å²) in [6.07, 6.45) is 2.03. The number of nitrogens with one attached hydrogen (secondary N) is 1. The zero-order valence-electron chi connectivity index (χ0n) is 11.6. The molecule has 1 saturated heterocycles. The smallest absolute Gasteiger partial charge is 0.317 e. The summed E-state index contributed by atoms with van der Waals surface area (Å²) >= 11 is 6.08. The number of methoxy groups -OCH3 is 1. The molecule has 1 aliphatic heterocycles. The van der Waals surface area contributed by atoms with Crippen molar-refractivity contribution in [3.63, 3.8) is 0 Å². The number of piperidine rings is 1. The number of urea groups is 1. The monoisotopic (exact) mass is 297 g/mol. The van der Waals surface area contributed by atoms with Gasteiger partial charge in [0, 0.05) is 37.5 Å². The minimum Gasteiger partial charge on any atom is -0.399 e. The Kier molecular flexibility index (Phi) is 5.09. The van der Waals surface area contributed by atoms with Crippen LogP contribution >= 0.6 is 11.6 Å². The first kappa shape index (κ1) is 14.9. The quantitative estimate of drug-likeness (QED) is 0.841. The number of nitrogens with two attached hydrogens (primary N) is 1. The number of carbonyl (C=O) groups is 1. The Morgan fingerprint density at radius 2 is 2.20 bits per heavy atom. The highest BCUT2D eigenvalue weighted by atomic mass is 35.5. The molecule has 0 bridgehead atoms. The van der Waals surface area contributed by atoms with Gasteiger partial charge in [-0.15, -0.1) is 0 Å². The van der Waals surface area contributed by atoms with Crippen LogP contribution in [0.3, 0.4) is 0 Å². The molecule has 0 radical (unpaired) electrons. The molecule has 1 aromatic rings. The van der Waals surface area contributed by atoms with Gasteiger partial charge < -0.3 is 20.7 Å². The Hall–Kier alpha value is -1.46. The molecule has 5 nitrogen and oxygen atoms in total. The summed E-state index contributed by atoms with van der Waals surface area (Å²) in [4.78, 5) is 13.9. The van der Waals surface area contributed by atoms with Crippen molar-refractivity contribution in [3.8, 4) is 0 Å². The molecule has 0 atom stereocenters. The third-order valence-corrected chi connectivity index (χ3v) is 3.92. The molecular weight excluding hydrogens is 278 g/mol. The van der Waals surface area contributed by atoms with Gasteiger partial charge in [-0.05, 0) is 30.5 Å². The van der Waals surface area contributed by atoms with Gasteiger partial charge in [0.25, 0.3) is 0 Å². The number of amides is 2. The van der Waals surface area contributed by atoms with Crippen LogP contribution in [0.1, 0.15) is 18.4 Å². The van der Waals surface area contributed by atoms with Crippen LogP contribution in [-0.4, -0.2) is 37.2 Å². The molecule has 1 fully saturated rings. The minimum absolute atomic E-state index is 0.0626. The van der Waals surface area contributed by atoms with Crippen molar-refractivity contribution >= 4 is 23.3 Å². The summed E-state index contributed by atoms with van der Waals surface area (Å²) in [5, 5.41) is 3.46. The maximum atomic E-state index is 12.1. The molecule has 6 heteroatoms. The molecule has 3 N–H and O–H groups in total. The fraction of sp³-hybridized carbons (Fsp3) is 0.500. The van der Waals surface area contributed by atoms with E-state index in [2.05, 4.69) is 5.32 Å². The summed E-state index contributed by atoms with van der Waals surface area (Å²) in [6.45, 7) is 1.85. The summed E-state index contributed by atoms with van der Waals surface area (Å²) in [5.41, 5.74) is 7.11. The lowest BCUT2D eigenvalue weighted by Crippen LogP contribution is -2.45. The normalized spacial score (nSPS) is 16.2. The average Bonchev–Trinajstić information content (AvgIpc) is 2.46. The topological polar surface area (TPSA) is 67.6 Å². The van der Waals surface area contributed by atoms with Gasteiger partial charge in [-0.3, -0.25) is 0 Å². The standard InChI is InChI=1S/C14H20ClN3O2/c1-20-12-4-6-18(7-5-12)14(19)17-9-10-2-3-11(16)8-13(10)15/h2-3,8,12H,4-7,9,16H2,1H3,(H,17,19). The molecule has 0 unspecified atom stereocenters. The number of nitrogens with zero attached hydrogens (tertiary/aromatic N) is 1. The SMILES string of the molecule is COC1CCN(C(=O)NCc2ccc(N)cc2Cl)CC1. The Morgan fingerprint density at radius 1 is 1.50 bits per heavy atom. The fourth-order valence-electron chi connectivity index (χ4n) is 2.28. The number of hydrogen-bond acceptors (Lipinski definition) is 3. The van der Waals surface area contributed by atoms with E-state index in [1.165, 1.54) is 0 Å². The van der Waals surface area contributed by atoms with Crippen molar-refractivity contribution in [2.75, 3.05) is 25.9 Å². The molecule has 110 valence electrons. The number of likely N-dealkylation sites (tertiary alicyclic amines) is 1. The maximum Gasteiger partial charge on any atom is 0.317 e. The van der Waals surface area contributed by atoms with Gasteiger partial charge in [0.15, 0.2) is 0 Å². The Bertz CT molecular complexity index is 473. The zero-order chi connectivity index (χ0) is 14.5. The van der Waals surface area contributed by atoms with Crippen molar-refractivity contribution < 1.29 is 9.53 Å². The van der Waals surface area contributed by atoms with E-state index < -0.39 is 0 Å². The molecule has 0 aliphatic carbocycles. The van der Waals surface area contributed by atoms with Crippen LogP contribution in [0.5, 0.6) is 0 Å². The van der Waals surface area contributed by atoms with Crippen LogP contribution in [0.15, 0.2) is 18.2 Å². The van der Waals surface area contributed by atoms with Crippen molar-refractivity contribution in [1.29, 1.82) is 0 Å². The molecule has 2 amide bonds. The van der Waals surface area contributed by atoms with E-state index >= 15 is 0 Å². The second kappa shape index (κ2) is 6.81. The molecule has 0 aromatic heterocycles. The number of carbonyl (C=O) groups excluding carboxylic acids is 1. The van der Waals surface area contributed by atoms with E-state index in [0.29, 0.717) is 17.3 Å². The van der Waals surface area contributed by atoms with Crippen molar-refractivity contribution in [1.82, 2.24) is 10.2 Å². The van der Waals surface area contributed by atoms with Crippen LogP contribution in [0.2, 0.25) is 5.02 Å². The third-order valence-electron chi connectivity index (χ3n) is 3.57. The molecule has 1 aliphatic rings. The fourth-order valence-corrected chi connectivity index (χ4v) is 2.54. The van der Waals surface area contributed by atoms with Crippen LogP contribution in [0, 0.1) is 0 Å². The highest BCUT2D eigenvalue weighted by Gasteiger charge is 2.22. The number of halogens is 1. The van der Waals surface area contributed by atoms with Gasteiger partial charge in [0.1, 0.15) is 0 Å². The molecular formula is C14H20ClN3O2. The van der Waals surface area contributed by atoms with Crippen molar-refractivity contribution in [2.45, 2.75) is 25.5 Å². The van der Waals surface area contributed by atoms with E-state index in [0.717, 1.165) is 31.5 Å². The van der Waals surface area contributed by atoms with E-state index in [1.54, 1.807) is 24.1 Å². The summed E-state index contributed by atoms with van der Waals surface area (Å²) in [7, 11) is 1.71. The zero-order valence-corrected chi connectivity index (χ0v) is 12.3. The minimum atomic E-state index is -0.0626. The summed E-state index contributed by atoms with van der Waals surface area (Å²) in [5.74, 6) is 0. The highest BCUT2D eigenvalue weighted by molar-refractivity contribution is 6.31. The van der Waals surface area contributed by atoms with Crippen LogP contribution in [0.25, 0.3) is 0 Å². The van der Waals surface area contributed by atoms with Gasteiger partial charge in [-0.25, -0.2) is 4.79 Å². The van der Waals surface area contributed by atoms with Gasteiger partial charge in [-0.2, -0.15) is 0 Å². The first-order chi connectivity index (χ1) is 9.60. The summed E-state index contributed by atoms with van der Waals surface area (Å²) in [6, 6.07) is 5.23. The first-order valence-electron chi connectivity index (χ1n) is 6.69. The predicted octanol–water partition coefficient (Wildman–Crippen LogP) is 2.24. The van der Waals surface area contributed by atoms with Gasteiger partial charge >= 0.3 is 6.03 Å². The number of anilines is 1. The largest absolute Gasteiger partial charge is 0.399 e. The highest BCUT2D eigenvalue weighted by Crippen LogP contribution is 2.19. The number of nitrogen functional groups attached to an aromatic ring is 1. The van der Waals surface area contributed by atoms with E-state index in [-0.39, 0.29) is 12.1 Å². The Labute approximate surface area is 124 Å². The number of hydrogen-bond donors (Lipinski definition) is 2. The average molecular weight is 298 g/mol. The molecule has 1 aromatic carbocycles. The molecule has 20 heavy (non-hydrogen) atoms. The van der Waals surface area contributed by atoms with Crippen molar-refractivity contribution in [2.24, 2.45) is 0 Å². The van der Waals surface area contributed by atoms with E-state index in [4.69, 9.17) is 22.1 Å². The van der Waals surface area contributed by atoms with Crippen LogP contribution < -0.4 is 11.1 Å². The molecule has 1 heterocycles. The molecule has 2 rings (SSSR count). The number of rotatable bonds is 3. The number of benzene rings is 1. The third kappa shape index (κ3) is 3.77. The Balaban J connectivity index is 1.83. The van der Waals surface area contributed by atoms with E-state index in [9.17, 15) is 4.79 Å².